The van der Waals surface area contributed by atoms with Crippen molar-refractivity contribution in [2.24, 2.45) is 33.7 Å². The molecule has 0 heterocycles. The number of benzene rings is 1. The largest absolute Gasteiger partial charge is 0.480 e. The summed E-state index contributed by atoms with van der Waals surface area (Å²) in [5, 5.41) is 37.7. The van der Waals surface area contributed by atoms with Gasteiger partial charge in [0.1, 0.15) is 11.7 Å². The van der Waals surface area contributed by atoms with Crippen molar-refractivity contribution in [2.45, 2.75) is 83.0 Å². The van der Waals surface area contributed by atoms with Gasteiger partial charge >= 0.3 is 5.97 Å². The van der Waals surface area contributed by atoms with Crippen LogP contribution in [0.2, 0.25) is 0 Å². The first kappa shape index (κ1) is 28.4. The van der Waals surface area contributed by atoms with Gasteiger partial charge in [0, 0.05) is 5.41 Å². The smallest absolute Gasteiger partial charge is 0.329 e. The Bertz CT molecular complexity index is 1250. The fourth-order valence-electron chi connectivity index (χ4n) is 8.40. The van der Waals surface area contributed by atoms with Gasteiger partial charge in [-0.1, -0.05) is 60.8 Å². The minimum Gasteiger partial charge on any atom is -0.480 e. The number of carbonyl (C=O) groups excluding carboxylic acids is 1. The summed E-state index contributed by atoms with van der Waals surface area (Å²) < 4.78 is 0. The molecule has 8 nitrogen and oxygen atoms in total. The minimum atomic E-state index is -1.51. The van der Waals surface area contributed by atoms with Crippen LogP contribution >= 0.6 is 0 Å². The second-order valence-corrected chi connectivity index (χ2v) is 12.6. The van der Waals surface area contributed by atoms with Gasteiger partial charge in [-0.2, -0.15) is 0 Å². The number of aliphatic hydroxyl groups excluding tert-OH is 1. The van der Waals surface area contributed by atoms with Crippen LogP contribution < -0.4 is 5.32 Å². The highest BCUT2D eigenvalue weighted by atomic mass is 16.6. The summed E-state index contributed by atoms with van der Waals surface area (Å²) in [4.78, 5) is 29.5. The molecule has 8 atom stereocenters. The Morgan fingerprint density at radius 3 is 2.55 bits per heavy atom. The molecule has 1 aromatic rings. The van der Waals surface area contributed by atoms with E-state index in [0.29, 0.717) is 29.7 Å². The van der Waals surface area contributed by atoms with Crippen LogP contribution in [0.3, 0.4) is 0 Å². The van der Waals surface area contributed by atoms with Crippen molar-refractivity contribution < 1.29 is 29.7 Å². The molecular weight excluding hydrogens is 508 g/mol. The van der Waals surface area contributed by atoms with E-state index in [9.17, 15) is 24.9 Å². The number of nitrogens with zero attached hydrogens (tertiary/aromatic N) is 1. The van der Waals surface area contributed by atoms with Crippen molar-refractivity contribution >= 4 is 17.6 Å². The molecule has 0 radical (unpaired) electrons. The van der Waals surface area contributed by atoms with E-state index in [2.05, 4.69) is 36.3 Å². The van der Waals surface area contributed by atoms with E-state index in [4.69, 9.17) is 11.3 Å². The summed E-state index contributed by atoms with van der Waals surface area (Å²) in [6.07, 6.45) is 13.9. The summed E-state index contributed by atoms with van der Waals surface area (Å²) >= 11 is 0. The summed E-state index contributed by atoms with van der Waals surface area (Å²) in [5.74, 6) is 2.27. The molecule has 4 aliphatic carbocycles. The SMILES string of the molecule is C#C[C@]1(O)CC[C@@H]2[C@H]3CCC4=CC(=NOCC(=O)N[C@@H](C(=O)O)[C@H](O)c5ccccc5)CC[C@]4(C)[C@H]3CC[C@]21C. The second-order valence-electron chi connectivity index (χ2n) is 12.6. The molecule has 3 saturated carbocycles. The van der Waals surface area contributed by atoms with Gasteiger partial charge in [0.15, 0.2) is 12.6 Å². The van der Waals surface area contributed by atoms with E-state index in [1.54, 1.807) is 30.3 Å². The van der Waals surface area contributed by atoms with Crippen LogP contribution in [0.1, 0.15) is 76.9 Å². The Labute approximate surface area is 235 Å². The number of amides is 1. The highest BCUT2D eigenvalue weighted by Gasteiger charge is 2.63. The first-order chi connectivity index (χ1) is 19.0. The number of carbonyl (C=O) groups is 2. The molecule has 0 bridgehead atoms. The second kappa shape index (κ2) is 10.7. The number of oxime groups is 1. The first-order valence-electron chi connectivity index (χ1n) is 14.4. The minimum absolute atomic E-state index is 0.0692. The van der Waals surface area contributed by atoms with Crippen molar-refractivity contribution in [3.05, 3.63) is 47.5 Å². The molecule has 40 heavy (non-hydrogen) atoms. The molecule has 214 valence electrons. The van der Waals surface area contributed by atoms with Gasteiger partial charge in [0.25, 0.3) is 5.91 Å². The van der Waals surface area contributed by atoms with Crippen molar-refractivity contribution in [1.29, 1.82) is 0 Å². The lowest BCUT2D eigenvalue weighted by molar-refractivity contribution is -0.146. The van der Waals surface area contributed by atoms with Gasteiger partial charge < -0.3 is 25.5 Å². The molecular formula is C32H40N2O6. The monoisotopic (exact) mass is 548 g/mol. The Kier molecular flexibility index (Phi) is 7.58. The lowest BCUT2D eigenvalue weighted by Crippen LogP contribution is -2.54. The third-order valence-corrected chi connectivity index (χ3v) is 10.8. The van der Waals surface area contributed by atoms with Gasteiger partial charge in [-0.3, -0.25) is 4.79 Å². The van der Waals surface area contributed by atoms with Crippen LogP contribution in [0.4, 0.5) is 0 Å². The van der Waals surface area contributed by atoms with Crippen molar-refractivity contribution in [3.8, 4) is 12.3 Å². The number of carboxylic acid groups (broad SMARTS) is 1. The number of aliphatic hydroxyl groups is 2. The Hall–Kier alpha value is -3.15. The number of terminal acetylenes is 1. The number of hydrogen-bond acceptors (Lipinski definition) is 6. The normalized spacial score (nSPS) is 37.1. The zero-order valence-electron chi connectivity index (χ0n) is 23.3. The van der Waals surface area contributed by atoms with Gasteiger partial charge in [0.2, 0.25) is 0 Å². The number of hydrogen-bond donors (Lipinski definition) is 4. The van der Waals surface area contributed by atoms with Gasteiger partial charge in [-0.25, -0.2) is 4.79 Å². The molecule has 4 aliphatic rings. The molecule has 1 amide bonds. The third-order valence-electron chi connectivity index (χ3n) is 10.8. The number of carboxylic acids is 1. The van der Waals surface area contributed by atoms with E-state index in [-0.39, 0.29) is 10.8 Å². The maximum absolute atomic E-state index is 12.4. The Morgan fingerprint density at radius 2 is 1.85 bits per heavy atom. The highest BCUT2D eigenvalue weighted by Crippen LogP contribution is 2.67. The van der Waals surface area contributed by atoms with Crippen molar-refractivity contribution in [1.82, 2.24) is 5.32 Å². The van der Waals surface area contributed by atoms with Crippen LogP contribution in [-0.4, -0.2) is 51.2 Å². The summed E-state index contributed by atoms with van der Waals surface area (Å²) in [6, 6.07) is 6.83. The number of allylic oxidation sites excluding steroid dienone is 2. The molecule has 8 heteroatoms. The molecule has 0 unspecified atom stereocenters. The average molecular weight is 549 g/mol. The molecule has 3 fully saturated rings. The lowest BCUT2D eigenvalue weighted by Gasteiger charge is -2.58. The molecule has 1 aromatic carbocycles. The molecule has 4 N–H and O–H groups in total. The molecule has 0 aliphatic heterocycles. The van der Waals surface area contributed by atoms with Gasteiger partial charge in [-0.15, -0.1) is 6.42 Å². The predicted octanol–water partition coefficient (Wildman–Crippen LogP) is 3.99. The Morgan fingerprint density at radius 1 is 1.12 bits per heavy atom. The number of rotatable bonds is 7. The lowest BCUT2D eigenvalue weighted by atomic mass is 9.46. The van der Waals surface area contributed by atoms with Crippen LogP contribution in [-0.2, 0) is 14.4 Å². The number of nitrogens with one attached hydrogen (secondary N) is 1. The van der Waals surface area contributed by atoms with Gasteiger partial charge in [-0.05, 0) is 86.2 Å². The van der Waals surface area contributed by atoms with Crippen LogP contribution in [0, 0.1) is 40.9 Å². The summed E-state index contributed by atoms with van der Waals surface area (Å²) in [6.45, 7) is 4.13. The predicted molar refractivity (Wildman–Crippen MR) is 150 cm³/mol. The Balaban J connectivity index is 1.21. The van der Waals surface area contributed by atoms with Crippen molar-refractivity contribution in [3.63, 3.8) is 0 Å². The average Bonchev–Trinajstić information content (AvgIpc) is 3.22. The fraction of sp³-hybridized carbons (Fsp3) is 0.594. The van der Waals surface area contributed by atoms with Gasteiger partial charge in [0.05, 0.1) is 5.71 Å². The molecule has 0 spiro atoms. The van der Waals surface area contributed by atoms with Crippen LogP contribution in [0.5, 0.6) is 0 Å². The number of aliphatic carboxylic acids is 1. The quantitative estimate of drug-likeness (QED) is 0.301. The topological polar surface area (TPSA) is 128 Å². The van der Waals surface area contributed by atoms with Crippen LogP contribution in [0.25, 0.3) is 0 Å². The van der Waals surface area contributed by atoms with Crippen LogP contribution in [0.15, 0.2) is 47.1 Å². The summed E-state index contributed by atoms with van der Waals surface area (Å²) in [5.41, 5.74) is 1.40. The third kappa shape index (κ3) is 4.73. The molecule has 5 rings (SSSR count). The van der Waals surface area contributed by atoms with E-state index in [1.807, 2.05) is 0 Å². The van der Waals surface area contributed by atoms with E-state index < -0.39 is 36.2 Å². The zero-order chi connectivity index (χ0) is 28.7. The number of fused-ring (bicyclic) bond motifs is 5. The highest BCUT2D eigenvalue weighted by molar-refractivity contribution is 5.96. The van der Waals surface area contributed by atoms with E-state index in [0.717, 1.165) is 50.7 Å². The standard InChI is InChI=1S/C32H40N2O6/c1-4-32(39)17-14-25-23-11-10-21-18-22(12-15-30(21,2)24(23)13-16-31(25,32)3)34-40-19-26(35)33-27(29(37)38)28(36)20-8-6-5-7-9-20/h1,5-9,18,23-25,27-28,36,39H,10-17,19H2,2-3H3,(H,33,35)(H,37,38)/t23-,24-,25+,27+,28+,30-,31+,32-/m0/s1. The maximum atomic E-state index is 12.4. The van der Waals surface area contributed by atoms with E-state index >= 15 is 0 Å². The van der Waals surface area contributed by atoms with Crippen molar-refractivity contribution in [2.75, 3.05) is 6.61 Å². The summed E-state index contributed by atoms with van der Waals surface area (Å²) in [7, 11) is 0. The maximum Gasteiger partial charge on any atom is 0.329 e. The fourth-order valence-corrected chi connectivity index (χ4v) is 8.40. The van der Waals surface area contributed by atoms with E-state index in [1.165, 1.54) is 5.57 Å². The first-order valence-corrected chi connectivity index (χ1v) is 14.4. The zero-order valence-corrected chi connectivity index (χ0v) is 23.3. The molecule has 0 aromatic heterocycles. The molecule has 0 saturated heterocycles.